The first-order chi connectivity index (χ1) is 19.5. The maximum Gasteiger partial charge on any atom is 0.247 e. The SMILES string of the molecule is CN[C@@H](C)CN[C@H](C(=O)N1CCC[C@H]1C(=O)Nc1cc2c(Nc3ccc(Cl)cc3)ncnc2cc1OC)C(C)(C)C. The number of carbonyl (C=O) groups excluding carboxylic acids is 2. The first-order valence-corrected chi connectivity index (χ1v) is 14.3. The molecule has 1 fully saturated rings. The van der Waals surface area contributed by atoms with Crippen LogP contribution in [0.25, 0.3) is 10.9 Å². The molecule has 2 amide bonds. The molecule has 41 heavy (non-hydrogen) atoms. The first-order valence-electron chi connectivity index (χ1n) is 13.9. The van der Waals surface area contributed by atoms with Gasteiger partial charge in [-0.3, -0.25) is 9.59 Å². The van der Waals surface area contributed by atoms with Gasteiger partial charge in [0.05, 0.1) is 24.4 Å². The highest BCUT2D eigenvalue weighted by Crippen LogP contribution is 2.34. The standard InChI is InChI=1S/C30H40ClN7O3/c1-18(32-5)16-33-26(30(2,3)4)29(40)38-13-7-8-24(38)28(39)37-23-14-21-22(15-25(23)41-6)34-17-35-27(21)36-20-11-9-19(31)10-12-20/h9-12,14-15,17-18,24,26,32-33H,7-8,13,16H2,1-6H3,(H,37,39)(H,34,35,36)/t18-,24-,26+/m0/s1. The summed E-state index contributed by atoms with van der Waals surface area (Å²) < 4.78 is 5.60. The third-order valence-electron chi connectivity index (χ3n) is 7.39. The van der Waals surface area contributed by atoms with Crippen LogP contribution < -0.4 is 26.0 Å². The molecule has 0 aliphatic carbocycles. The van der Waals surface area contributed by atoms with E-state index in [9.17, 15) is 9.59 Å². The van der Waals surface area contributed by atoms with Gasteiger partial charge >= 0.3 is 0 Å². The number of halogens is 1. The van der Waals surface area contributed by atoms with E-state index in [2.05, 4.69) is 38.2 Å². The summed E-state index contributed by atoms with van der Waals surface area (Å²) in [7, 11) is 3.44. The second-order valence-corrected chi connectivity index (χ2v) is 11.9. The number of methoxy groups -OCH3 is 1. The van der Waals surface area contributed by atoms with E-state index >= 15 is 0 Å². The summed E-state index contributed by atoms with van der Waals surface area (Å²) in [5.41, 5.74) is 1.61. The number of carbonyl (C=O) groups is 2. The van der Waals surface area contributed by atoms with Crippen LogP contribution in [-0.2, 0) is 9.59 Å². The zero-order valence-corrected chi connectivity index (χ0v) is 25.3. The highest BCUT2D eigenvalue weighted by molar-refractivity contribution is 6.30. The van der Waals surface area contributed by atoms with Crippen molar-refractivity contribution in [3.63, 3.8) is 0 Å². The van der Waals surface area contributed by atoms with Crippen LogP contribution in [0.2, 0.25) is 5.02 Å². The Bertz CT molecular complexity index is 1380. The predicted octanol–water partition coefficient (Wildman–Crippen LogP) is 4.58. The number of benzene rings is 2. The average molecular weight is 582 g/mol. The maximum atomic E-state index is 13.8. The van der Waals surface area contributed by atoms with Gasteiger partial charge in [0.1, 0.15) is 23.9 Å². The molecular weight excluding hydrogens is 542 g/mol. The molecule has 10 nitrogen and oxygen atoms in total. The summed E-state index contributed by atoms with van der Waals surface area (Å²) in [6.45, 7) is 9.34. The van der Waals surface area contributed by atoms with Crippen LogP contribution in [0.5, 0.6) is 5.75 Å². The van der Waals surface area contributed by atoms with Crippen molar-refractivity contribution in [3.05, 3.63) is 47.7 Å². The Labute approximate surface area is 246 Å². The molecule has 0 radical (unpaired) electrons. The predicted molar refractivity (Wildman–Crippen MR) is 164 cm³/mol. The van der Waals surface area contributed by atoms with Gasteiger partial charge in [0, 0.05) is 41.3 Å². The van der Waals surface area contributed by atoms with Gasteiger partial charge in [-0.05, 0) is 62.6 Å². The molecule has 4 rings (SSSR count). The van der Waals surface area contributed by atoms with E-state index in [1.165, 1.54) is 6.33 Å². The molecule has 0 unspecified atom stereocenters. The van der Waals surface area contributed by atoms with Crippen LogP contribution >= 0.6 is 11.6 Å². The largest absolute Gasteiger partial charge is 0.494 e. The Balaban J connectivity index is 1.58. The molecule has 1 saturated heterocycles. The second kappa shape index (κ2) is 13.0. The fraction of sp³-hybridized carbons (Fsp3) is 0.467. The van der Waals surface area contributed by atoms with E-state index < -0.39 is 12.1 Å². The molecule has 3 aromatic rings. The number of amides is 2. The Kier molecular flexibility index (Phi) is 9.68. The van der Waals surface area contributed by atoms with Crippen LogP contribution in [0, 0.1) is 5.41 Å². The molecule has 0 spiro atoms. The zero-order chi connectivity index (χ0) is 29.7. The number of hydrogen-bond donors (Lipinski definition) is 4. The van der Waals surface area contributed by atoms with E-state index in [0.717, 1.165) is 12.1 Å². The van der Waals surface area contributed by atoms with Crippen molar-refractivity contribution < 1.29 is 14.3 Å². The molecule has 2 aromatic carbocycles. The third-order valence-corrected chi connectivity index (χ3v) is 7.65. The van der Waals surface area contributed by atoms with Crippen molar-refractivity contribution in [1.29, 1.82) is 0 Å². The van der Waals surface area contributed by atoms with Crippen LogP contribution in [0.4, 0.5) is 17.2 Å². The van der Waals surface area contributed by atoms with Gasteiger partial charge < -0.3 is 30.9 Å². The molecule has 0 bridgehead atoms. The van der Waals surface area contributed by atoms with Gasteiger partial charge in [0.15, 0.2) is 0 Å². The summed E-state index contributed by atoms with van der Waals surface area (Å²) in [5, 5.41) is 14.3. The monoisotopic (exact) mass is 581 g/mol. The first kappa shape index (κ1) is 30.5. The fourth-order valence-corrected chi connectivity index (χ4v) is 5.09. The van der Waals surface area contributed by atoms with Crippen LogP contribution in [-0.4, -0.2) is 72.1 Å². The van der Waals surface area contributed by atoms with Gasteiger partial charge in [0.25, 0.3) is 0 Å². The minimum absolute atomic E-state index is 0.0632. The molecule has 3 atom stereocenters. The molecule has 11 heteroatoms. The summed E-state index contributed by atoms with van der Waals surface area (Å²) in [4.78, 5) is 38.0. The third kappa shape index (κ3) is 7.25. The topological polar surface area (TPSA) is 121 Å². The Hall–Kier alpha value is -3.47. The molecule has 1 aliphatic rings. The van der Waals surface area contributed by atoms with Crippen LogP contribution in [0.15, 0.2) is 42.7 Å². The van der Waals surface area contributed by atoms with Crippen LogP contribution in [0.1, 0.15) is 40.5 Å². The number of likely N-dealkylation sites (tertiary alicyclic amines) is 1. The minimum Gasteiger partial charge on any atom is -0.494 e. The lowest BCUT2D eigenvalue weighted by Gasteiger charge is -2.36. The molecule has 1 aliphatic heterocycles. The van der Waals surface area contributed by atoms with Crippen molar-refractivity contribution in [3.8, 4) is 5.75 Å². The van der Waals surface area contributed by atoms with Crippen molar-refractivity contribution in [1.82, 2.24) is 25.5 Å². The average Bonchev–Trinajstić information content (AvgIpc) is 3.44. The van der Waals surface area contributed by atoms with Crippen molar-refractivity contribution >= 4 is 51.5 Å². The number of rotatable bonds is 10. The highest BCUT2D eigenvalue weighted by atomic mass is 35.5. The summed E-state index contributed by atoms with van der Waals surface area (Å²) in [6.07, 6.45) is 2.81. The van der Waals surface area contributed by atoms with Gasteiger partial charge in [0.2, 0.25) is 11.8 Å². The lowest BCUT2D eigenvalue weighted by Crippen LogP contribution is -2.57. The van der Waals surface area contributed by atoms with E-state index in [1.54, 1.807) is 36.3 Å². The highest BCUT2D eigenvalue weighted by Gasteiger charge is 2.41. The number of anilines is 3. The van der Waals surface area contributed by atoms with E-state index in [0.29, 0.717) is 52.7 Å². The fourth-order valence-electron chi connectivity index (χ4n) is 4.97. The van der Waals surface area contributed by atoms with Crippen LogP contribution in [0.3, 0.4) is 0 Å². The summed E-state index contributed by atoms with van der Waals surface area (Å²) in [5.74, 6) is 0.719. The Morgan fingerprint density at radius 2 is 1.90 bits per heavy atom. The number of nitrogens with one attached hydrogen (secondary N) is 4. The number of fused-ring (bicyclic) bond motifs is 1. The minimum atomic E-state index is -0.588. The summed E-state index contributed by atoms with van der Waals surface area (Å²) >= 11 is 6.03. The molecule has 4 N–H and O–H groups in total. The van der Waals surface area contributed by atoms with E-state index in [-0.39, 0.29) is 23.3 Å². The van der Waals surface area contributed by atoms with E-state index in [4.69, 9.17) is 16.3 Å². The lowest BCUT2D eigenvalue weighted by atomic mass is 9.85. The van der Waals surface area contributed by atoms with Gasteiger partial charge in [-0.25, -0.2) is 9.97 Å². The smallest absolute Gasteiger partial charge is 0.247 e. The van der Waals surface area contributed by atoms with Gasteiger partial charge in [-0.15, -0.1) is 0 Å². The molecule has 220 valence electrons. The number of hydrogen-bond acceptors (Lipinski definition) is 8. The number of nitrogens with zero attached hydrogens (tertiary/aromatic N) is 3. The number of likely N-dealkylation sites (N-methyl/N-ethyl adjacent to an activating group) is 1. The normalized spacial score (nSPS) is 16.9. The molecule has 1 aromatic heterocycles. The van der Waals surface area contributed by atoms with E-state index in [1.807, 2.05) is 40.0 Å². The quantitative estimate of drug-likeness (QED) is 0.275. The zero-order valence-electron chi connectivity index (χ0n) is 24.5. The van der Waals surface area contributed by atoms with Crippen molar-refractivity contribution in [2.24, 2.45) is 5.41 Å². The van der Waals surface area contributed by atoms with Gasteiger partial charge in [-0.1, -0.05) is 32.4 Å². The summed E-state index contributed by atoms with van der Waals surface area (Å²) in [6, 6.07) is 10.0. The number of ether oxygens (including phenoxy) is 1. The Morgan fingerprint density at radius 3 is 2.56 bits per heavy atom. The maximum absolute atomic E-state index is 13.8. The lowest BCUT2D eigenvalue weighted by molar-refractivity contribution is -0.140. The second-order valence-electron chi connectivity index (χ2n) is 11.5. The molecule has 0 saturated carbocycles. The van der Waals surface area contributed by atoms with Gasteiger partial charge in [-0.2, -0.15) is 0 Å². The molecule has 2 heterocycles. The number of aromatic nitrogens is 2. The van der Waals surface area contributed by atoms with Crippen molar-refractivity contribution in [2.45, 2.75) is 58.7 Å². The van der Waals surface area contributed by atoms with Crippen molar-refractivity contribution in [2.75, 3.05) is 37.9 Å². The Morgan fingerprint density at radius 1 is 1.17 bits per heavy atom. The molecular formula is C30H40ClN7O3.